The Morgan fingerprint density at radius 2 is 2.05 bits per heavy atom. The number of hydrogen-bond donors (Lipinski definition) is 2. The quantitative estimate of drug-likeness (QED) is 0.756. The van der Waals surface area contributed by atoms with Gasteiger partial charge in [-0.2, -0.15) is 0 Å². The van der Waals surface area contributed by atoms with Gasteiger partial charge in [-0.05, 0) is 26.0 Å². The Morgan fingerprint density at radius 3 is 2.45 bits per heavy atom. The summed E-state index contributed by atoms with van der Waals surface area (Å²) in [7, 11) is -3.27. The Labute approximate surface area is 123 Å². The molecule has 0 fully saturated rings. The maximum Gasteiger partial charge on any atom is 0.269 e. The highest BCUT2D eigenvalue weighted by atomic mass is 32.2. The molecule has 1 rings (SSSR count). The number of aromatic nitrogens is 1. The SMILES string of the molecule is CC(C)(CNC(=O)c1ccc(C(N)=S)cn1)S(C)(=O)=O. The van der Waals surface area contributed by atoms with Crippen LogP contribution < -0.4 is 11.1 Å². The molecule has 0 saturated carbocycles. The number of hydrogen-bond acceptors (Lipinski definition) is 5. The predicted molar refractivity (Wildman–Crippen MR) is 81.4 cm³/mol. The highest BCUT2D eigenvalue weighted by Crippen LogP contribution is 2.13. The Hall–Kier alpha value is -1.54. The van der Waals surface area contributed by atoms with Crippen molar-refractivity contribution >= 4 is 33.0 Å². The highest BCUT2D eigenvalue weighted by molar-refractivity contribution is 7.92. The van der Waals surface area contributed by atoms with Crippen molar-refractivity contribution < 1.29 is 13.2 Å². The van der Waals surface area contributed by atoms with E-state index in [0.29, 0.717) is 5.56 Å². The summed E-state index contributed by atoms with van der Waals surface area (Å²) in [4.78, 5) is 16.0. The van der Waals surface area contributed by atoms with Crippen LogP contribution >= 0.6 is 12.2 Å². The molecule has 0 aliphatic heterocycles. The van der Waals surface area contributed by atoms with Crippen LogP contribution in [0.2, 0.25) is 0 Å². The van der Waals surface area contributed by atoms with Crippen molar-refractivity contribution in [2.75, 3.05) is 12.8 Å². The zero-order valence-corrected chi connectivity index (χ0v) is 13.1. The molecular formula is C12H17N3O3S2. The molecule has 0 aliphatic rings. The van der Waals surface area contributed by atoms with Gasteiger partial charge in [0.25, 0.3) is 5.91 Å². The van der Waals surface area contributed by atoms with Crippen molar-refractivity contribution in [2.45, 2.75) is 18.6 Å². The maximum absolute atomic E-state index is 11.9. The predicted octanol–water partition coefficient (Wildman–Crippen LogP) is 0.269. The van der Waals surface area contributed by atoms with Crippen molar-refractivity contribution in [3.63, 3.8) is 0 Å². The van der Waals surface area contributed by atoms with Crippen LogP contribution in [0, 0.1) is 0 Å². The summed E-state index contributed by atoms with van der Waals surface area (Å²) >= 11 is 4.78. The van der Waals surface area contributed by atoms with Crippen LogP contribution in [0.5, 0.6) is 0 Å². The van der Waals surface area contributed by atoms with Crippen LogP contribution in [-0.2, 0) is 9.84 Å². The van der Waals surface area contributed by atoms with Crippen LogP contribution in [-0.4, -0.2) is 41.8 Å². The molecule has 20 heavy (non-hydrogen) atoms. The van der Waals surface area contributed by atoms with E-state index in [1.54, 1.807) is 19.9 Å². The van der Waals surface area contributed by atoms with Crippen LogP contribution in [0.1, 0.15) is 29.9 Å². The zero-order valence-electron chi connectivity index (χ0n) is 11.5. The Kier molecular flexibility index (Phi) is 4.82. The molecule has 0 saturated heterocycles. The number of carbonyl (C=O) groups is 1. The first kappa shape index (κ1) is 16.5. The van der Waals surface area contributed by atoms with Crippen LogP contribution in [0.15, 0.2) is 18.3 Å². The van der Waals surface area contributed by atoms with Crippen molar-refractivity contribution in [3.05, 3.63) is 29.6 Å². The monoisotopic (exact) mass is 315 g/mol. The molecule has 1 aromatic rings. The standard InChI is InChI=1S/C12H17N3O3S2/c1-12(2,20(3,17)18)7-15-11(16)9-5-4-8(6-14-9)10(13)19/h4-6H,7H2,1-3H3,(H2,13,19)(H,15,16). The largest absolute Gasteiger partial charge is 0.389 e. The summed E-state index contributed by atoms with van der Waals surface area (Å²) in [5.41, 5.74) is 6.17. The third-order valence-electron chi connectivity index (χ3n) is 2.96. The van der Waals surface area contributed by atoms with E-state index in [2.05, 4.69) is 10.3 Å². The molecule has 0 atom stereocenters. The molecule has 0 aromatic carbocycles. The number of nitrogens with one attached hydrogen (secondary N) is 1. The normalized spacial score (nSPS) is 11.9. The Balaban J connectivity index is 2.75. The molecule has 0 unspecified atom stereocenters. The molecule has 1 aromatic heterocycles. The number of nitrogens with zero attached hydrogens (tertiary/aromatic N) is 1. The minimum atomic E-state index is -3.27. The average Bonchev–Trinajstić information content (AvgIpc) is 2.34. The summed E-state index contributed by atoms with van der Waals surface area (Å²) in [5, 5.41) is 2.55. The summed E-state index contributed by atoms with van der Waals surface area (Å²) in [6, 6.07) is 3.07. The van der Waals surface area contributed by atoms with E-state index < -0.39 is 20.5 Å². The molecule has 110 valence electrons. The van der Waals surface area contributed by atoms with E-state index >= 15 is 0 Å². The highest BCUT2D eigenvalue weighted by Gasteiger charge is 2.30. The van der Waals surface area contributed by atoms with Crippen molar-refractivity contribution in [1.29, 1.82) is 0 Å². The van der Waals surface area contributed by atoms with Gasteiger partial charge in [0, 0.05) is 24.6 Å². The summed E-state index contributed by atoms with van der Waals surface area (Å²) in [5.74, 6) is -0.448. The number of rotatable bonds is 5. The lowest BCUT2D eigenvalue weighted by Crippen LogP contribution is -2.43. The Morgan fingerprint density at radius 1 is 1.45 bits per heavy atom. The van der Waals surface area contributed by atoms with Gasteiger partial charge in [-0.1, -0.05) is 12.2 Å². The fourth-order valence-electron chi connectivity index (χ4n) is 1.19. The summed E-state index contributed by atoms with van der Waals surface area (Å²) < 4.78 is 22.0. The van der Waals surface area contributed by atoms with Gasteiger partial charge in [0.2, 0.25) is 0 Å². The molecule has 6 nitrogen and oxygen atoms in total. The molecule has 3 N–H and O–H groups in total. The smallest absolute Gasteiger partial charge is 0.269 e. The first-order valence-corrected chi connectivity index (χ1v) is 8.08. The molecule has 0 spiro atoms. The molecule has 8 heteroatoms. The zero-order chi connectivity index (χ0) is 15.6. The molecule has 1 heterocycles. The minimum Gasteiger partial charge on any atom is -0.389 e. The lowest BCUT2D eigenvalue weighted by Gasteiger charge is -2.22. The number of carbonyl (C=O) groups excluding carboxylic acids is 1. The van der Waals surface area contributed by atoms with E-state index in [-0.39, 0.29) is 17.2 Å². The number of thiocarbonyl (C=S) groups is 1. The van der Waals surface area contributed by atoms with Crippen molar-refractivity contribution in [1.82, 2.24) is 10.3 Å². The molecule has 0 radical (unpaired) electrons. The summed E-state index contributed by atoms with van der Waals surface area (Å²) in [6.07, 6.45) is 2.54. The lowest BCUT2D eigenvalue weighted by atomic mass is 10.2. The second kappa shape index (κ2) is 5.84. The van der Waals surface area contributed by atoms with Crippen LogP contribution in [0.25, 0.3) is 0 Å². The third kappa shape index (κ3) is 3.97. The van der Waals surface area contributed by atoms with Gasteiger partial charge in [-0.15, -0.1) is 0 Å². The lowest BCUT2D eigenvalue weighted by molar-refractivity contribution is 0.0945. The first-order chi connectivity index (χ1) is 9.04. The topological polar surface area (TPSA) is 102 Å². The van der Waals surface area contributed by atoms with Gasteiger partial charge in [0.1, 0.15) is 10.7 Å². The van der Waals surface area contributed by atoms with Gasteiger partial charge in [0.05, 0.1) is 4.75 Å². The fraction of sp³-hybridized carbons (Fsp3) is 0.417. The molecular weight excluding hydrogens is 298 g/mol. The van der Waals surface area contributed by atoms with Gasteiger partial charge >= 0.3 is 0 Å². The minimum absolute atomic E-state index is 0.00337. The second-order valence-corrected chi connectivity index (χ2v) is 8.10. The van der Waals surface area contributed by atoms with E-state index in [9.17, 15) is 13.2 Å². The van der Waals surface area contributed by atoms with Crippen molar-refractivity contribution in [2.24, 2.45) is 5.73 Å². The summed E-state index contributed by atoms with van der Waals surface area (Å²) in [6.45, 7) is 3.10. The molecule has 1 amide bonds. The van der Waals surface area contributed by atoms with Crippen molar-refractivity contribution in [3.8, 4) is 0 Å². The number of nitrogens with two attached hydrogens (primary N) is 1. The number of pyridine rings is 1. The fourth-order valence-corrected chi connectivity index (χ4v) is 1.64. The van der Waals surface area contributed by atoms with Crippen LogP contribution in [0.4, 0.5) is 0 Å². The number of sulfone groups is 1. The number of amides is 1. The van der Waals surface area contributed by atoms with Gasteiger partial charge in [-0.25, -0.2) is 8.42 Å². The van der Waals surface area contributed by atoms with Gasteiger partial charge in [-0.3, -0.25) is 9.78 Å². The maximum atomic E-state index is 11.9. The average molecular weight is 315 g/mol. The van der Waals surface area contributed by atoms with Crippen LogP contribution in [0.3, 0.4) is 0 Å². The van der Waals surface area contributed by atoms with Gasteiger partial charge < -0.3 is 11.1 Å². The first-order valence-electron chi connectivity index (χ1n) is 5.78. The van der Waals surface area contributed by atoms with E-state index in [4.69, 9.17) is 18.0 Å². The van der Waals surface area contributed by atoms with E-state index in [0.717, 1.165) is 6.26 Å². The van der Waals surface area contributed by atoms with E-state index in [1.165, 1.54) is 12.3 Å². The van der Waals surface area contributed by atoms with Gasteiger partial charge in [0.15, 0.2) is 9.84 Å². The second-order valence-electron chi connectivity index (χ2n) is 5.01. The third-order valence-corrected chi connectivity index (χ3v) is 5.35. The molecule has 0 aliphatic carbocycles. The van der Waals surface area contributed by atoms with E-state index in [1.807, 2.05) is 0 Å². The Bertz CT molecular complexity index is 622. The molecule has 0 bridgehead atoms.